The van der Waals surface area contributed by atoms with Gasteiger partial charge < -0.3 is 25.2 Å². The fourth-order valence-corrected chi connectivity index (χ4v) is 5.78. The van der Waals surface area contributed by atoms with Crippen LogP contribution in [-0.2, 0) is 31.0 Å². The Balaban J connectivity index is 1.68. The molecule has 1 unspecified atom stereocenters. The Labute approximate surface area is 247 Å². The van der Waals surface area contributed by atoms with E-state index >= 15 is 0 Å². The first kappa shape index (κ1) is 30.6. The van der Waals surface area contributed by atoms with E-state index in [1.54, 1.807) is 13.8 Å². The van der Waals surface area contributed by atoms with Gasteiger partial charge in [-0.15, -0.1) is 0 Å². The van der Waals surface area contributed by atoms with Gasteiger partial charge in [0, 0.05) is 32.1 Å². The molecule has 4 amide bonds. The normalized spacial score (nSPS) is 20.9. The number of hydrogen-bond donors (Lipinski definition) is 2. The number of amides is 4. The van der Waals surface area contributed by atoms with Crippen molar-refractivity contribution in [1.82, 2.24) is 15.1 Å². The summed E-state index contributed by atoms with van der Waals surface area (Å²) < 4.78 is 5.24. The average Bonchev–Trinajstić information content (AvgIpc) is 3.46. The Morgan fingerprint density at radius 3 is 2.40 bits per heavy atom. The number of fused-ring (bicyclic) bond motifs is 2. The molecular weight excluding hydrogens is 534 g/mol. The van der Waals surface area contributed by atoms with Gasteiger partial charge in [0.2, 0.25) is 17.7 Å². The van der Waals surface area contributed by atoms with Crippen molar-refractivity contribution in [3.63, 3.8) is 0 Å². The van der Waals surface area contributed by atoms with E-state index < -0.39 is 46.9 Å². The summed E-state index contributed by atoms with van der Waals surface area (Å²) >= 11 is 0. The third-order valence-electron chi connectivity index (χ3n) is 8.01. The zero-order valence-corrected chi connectivity index (χ0v) is 25.0. The molecule has 0 saturated carbocycles. The van der Waals surface area contributed by atoms with Gasteiger partial charge in [-0.05, 0) is 36.5 Å². The molecule has 4 atom stereocenters. The molecule has 2 N–H and O–H groups in total. The van der Waals surface area contributed by atoms with E-state index in [2.05, 4.69) is 16.7 Å². The number of benzene rings is 2. The third kappa shape index (κ3) is 5.96. The molecule has 2 aromatic rings. The lowest BCUT2D eigenvalue weighted by Crippen LogP contribution is -2.59. The van der Waals surface area contributed by atoms with Crippen molar-refractivity contribution in [2.75, 3.05) is 18.9 Å². The summed E-state index contributed by atoms with van der Waals surface area (Å²) in [7, 11) is 1.53. The number of rotatable bonds is 7. The lowest BCUT2D eigenvalue weighted by Gasteiger charge is -2.37. The number of carbonyl (C=O) groups is 4. The van der Waals surface area contributed by atoms with Crippen LogP contribution in [0, 0.1) is 16.7 Å². The summed E-state index contributed by atoms with van der Waals surface area (Å²) in [6.07, 6.45) is -0.774. The lowest BCUT2D eigenvalue weighted by molar-refractivity contribution is -0.147. The van der Waals surface area contributed by atoms with Gasteiger partial charge in [0.25, 0.3) is 0 Å². The number of para-hydroxylation sites is 1. The predicted molar refractivity (Wildman–Crippen MR) is 157 cm³/mol. The molecule has 0 aromatic heterocycles. The summed E-state index contributed by atoms with van der Waals surface area (Å²) in [5.41, 5.74) is 0.494. The van der Waals surface area contributed by atoms with E-state index in [1.807, 2.05) is 75.4 Å². The molecule has 42 heavy (non-hydrogen) atoms. The average molecular weight is 574 g/mol. The lowest BCUT2D eigenvalue weighted by atomic mass is 9.80. The van der Waals surface area contributed by atoms with Gasteiger partial charge in [-0.25, -0.2) is 4.79 Å². The summed E-state index contributed by atoms with van der Waals surface area (Å²) in [5, 5.41) is 15.7. The molecule has 2 aliphatic rings. The van der Waals surface area contributed by atoms with Crippen molar-refractivity contribution in [2.45, 2.75) is 77.1 Å². The molecule has 1 spiro atoms. The second-order valence-electron chi connectivity index (χ2n) is 12.4. The second-order valence-corrected chi connectivity index (χ2v) is 12.4. The Bertz CT molecular complexity index is 1400. The molecule has 222 valence electrons. The number of nitriles is 1. The van der Waals surface area contributed by atoms with Gasteiger partial charge in [0.1, 0.15) is 18.1 Å². The molecule has 2 aliphatic heterocycles. The van der Waals surface area contributed by atoms with Crippen LogP contribution in [0.25, 0.3) is 0 Å². The van der Waals surface area contributed by atoms with E-state index in [4.69, 9.17) is 4.74 Å². The molecule has 0 aliphatic carbocycles. The van der Waals surface area contributed by atoms with Crippen LogP contribution in [0.3, 0.4) is 0 Å². The van der Waals surface area contributed by atoms with Crippen molar-refractivity contribution in [3.05, 3.63) is 65.7 Å². The fourth-order valence-electron chi connectivity index (χ4n) is 5.78. The van der Waals surface area contributed by atoms with E-state index in [0.717, 1.165) is 11.1 Å². The van der Waals surface area contributed by atoms with Crippen LogP contribution in [0.1, 0.15) is 52.2 Å². The van der Waals surface area contributed by atoms with Crippen molar-refractivity contribution >= 4 is 29.5 Å². The maximum absolute atomic E-state index is 14.4. The Morgan fingerprint density at radius 2 is 1.79 bits per heavy atom. The topological polar surface area (TPSA) is 132 Å². The highest BCUT2D eigenvalue weighted by molar-refractivity contribution is 6.07. The molecule has 2 heterocycles. The van der Waals surface area contributed by atoms with Crippen molar-refractivity contribution in [2.24, 2.45) is 5.41 Å². The van der Waals surface area contributed by atoms with Crippen LogP contribution < -0.4 is 10.6 Å². The largest absolute Gasteiger partial charge is 0.447 e. The molecule has 10 nitrogen and oxygen atoms in total. The highest BCUT2D eigenvalue weighted by Crippen LogP contribution is 2.46. The van der Waals surface area contributed by atoms with Gasteiger partial charge in [-0.1, -0.05) is 69.3 Å². The van der Waals surface area contributed by atoms with E-state index in [1.165, 1.54) is 16.8 Å². The van der Waals surface area contributed by atoms with Gasteiger partial charge >= 0.3 is 6.09 Å². The summed E-state index contributed by atoms with van der Waals surface area (Å²) in [6.45, 7) is 8.90. The van der Waals surface area contributed by atoms with E-state index in [9.17, 15) is 24.4 Å². The van der Waals surface area contributed by atoms with E-state index in [0.29, 0.717) is 5.69 Å². The smallest absolute Gasteiger partial charge is 0.408 e. The van der Waals surface area contributed by atoms with Gasteiger partial charge in [-0.2, -0.15) is 5.26 Å². The minimum Gasteiger partial charge on any atom is -0.447 e. The number of hydrogen-bond acceptors (Lipinski definition) is 6. The van der Waals surface area contributed by atoms with Crippen molar-refractivity contribution < 1.29 is 23.9 Å². The SMILES string of the molecule is CC(C)OC(=O)NC(C(=O)N(C)[C@@H](Cc1ccccc1)C(=O)N1C[C@]2(C[C@H]1C#N)C(=O)Nc1ccccc12)C(C)(C)C. The molecule has 0 bridgehead atoms. The monoisotopic (exact) mass is 573 g/mol. The first-order valence-electron chi connectivity index (χ1n) is 14.2. The maximum Gasteiger partial charge on any atom is 0.408 e. The number of carbonyl (C=O) groups excluding carboxylic acids is 4. The van der Waals surface area contributed by atoms with Gasteiger partial charge in [0.05, 0.1) is 17.6 Å². The molecule has 4 rings (SSSR count). The van der Waals surface area contributed by atoms with Gasteiger partial charge in [-0.3, -0.25) is 14.4 Å². The predicted octanol–water partition coefficient (Wildman–Crippen LogP) is 3.62. The van der Waals surface area contributed by atoms with E-state index in [-0.39, 0.29) is 31.4 Å². The summed E-state index contributed by atoms with van der Waals surface area (Å²) in [4.78, 5) is 57.1. The van der Waals surface area contributed by atoms with Crippen LogP contribution in [0.4, 0.5) is 10.5 Å². The Kier molecular flexibility index (Phi) is 8.62. The fraction of sp³-hybridized carbons (Fsp3) is 0.469. The summed E-state index contributed by atoms with van der Waals surface area (Å²) in [5.74, 6) is -1.15. The van der Waals surface area contributed by atoms with Crippen LogP contribution in [0.2, 0.25) is 0 Å². The highest BCUT2D eigenvalue weighted by atomic mass is 16.6. The summed E-state index contributed by atoms with van der Waals surface area (Å²) in [6, 6.07) is 16.0. The second kappa shape index (κ2) is 11.8. The maximum atomic E-state index is 14.4. The van der Waals surface area contributed by atoms with Gasteiger partial charge in [0.15, 0.2) is 0 Å². The number of ether oxygens (including phenoxy) is 1. The number of alkyl carbamates (subject to hydrolysis) is 1. The number of likely N-dealkylation sites (tertiary alicyclic amines) is 1. The number of anilines is 1. The Hall–Kier alpha value is -4.39. The van der Waals surface area contributed by atoms with Crippen molar-refractivity contribution in [1.29, 1.82) is 5.26 Å². The van der Waals surface area contributed by atoms with Crippen LogP contribution in [-0.4, -0.2) is 71.4 Å². The Morgan fingerprint density at radius 1 is 1.14 bits per heavy atom. The number of likely N-dealkylation sites (N-methyl/N-ethyl adjacent to an activating group) is 1. The standard InChI is InChI=1S/C32H39N5O5/c1-20(2)42-30(41)35-26(31(3,4)5)28(39)36(6)25(16-21-12-8-7-9-13-21)27(38)37-19-32(17-22(37)18-33)23-14-10-11-15-24(23)34-29(32)40/h7-15,20,22,25-26H,16-17,19H2,1-6H3,(H,34,40)(H,35,41)/t22-,25-,26?,32-/m0/s1. The minimum absolute atomic E-state index is 0.0158. The highest BCUT2D eigenvalue weighted by Gasteiger charge is 2.57. The third-order valence-corrected chi connectivity index (χ3v) is 8.01. The van der Waals surface area contributed by atoms with Crippen molar-refractivity contribution in [3.8, 4) is 6.07 Å². The zero-order valence-electron chi connectivity index (χ0n) is 25.0. The quantitative estimate of drug-likeness (QED) is 0.520. The van der Waals surface area contributed by atoms with Crippen LogP contribution in [0.5, 0.6) is 0 Å². The first-order chi connectivity index (χ1) is 19.8. The molecule has 0 radical (unpaired) electrons. The minimum atomic E-state index is -1.05. The van der Waals surface area contributed by atoms with Crippen LogP contribution >= 0.6 is 0 Å². The first-order valence-corrected chi connectivity index (χ1v) is 14.2. The molecule has 1 fully saturated rings. The molecule has 1 saturated heterocycles. The molecular formula is C32H39N5O5. The van der Waals surface area contributed by atoms with Crippen LogP contribution in [0.15, 0.2) is 54.6 Å². The molecule has 10 heteroatoms. The number of nitrogens with one attached hydrogen (secondary N) is 2. The number of nitrogens with zero attached hydrogens (tertiary/aromatic N) is 3. The molecule has 2 aromatic carbocycles. The zero-order chi connectivity index (χ0) is 30.8.